The molecule has 0 saturated carbocycles. The quantitative estimate of drug-likeness (QED) is 0.226. The molecule has 0 radical (unpaired) electrons. The van der Waals surface area contributed by atoms with E-state index < -0.39 is 35.2 Å². The van der Waals surface area contributed by atoms with Gasteiger partial charge in [0.05, 0.1) is 30.1 Å². The van der Waals surface area contributed by atoms with E-state index in [0.717, 1.165) is 11.8 Å². The van der Waals surface area contributed by atoms with Gasteiger partial charge >= 0.3 is 6.09 Å². The predicted octanol–water partition coefficient (Wildman–Crippen LogP) is 2.97. The lowest BCUT2D eigenvalue weighted by Crippen LogP contribution is -2.44. The zero-order valence-corrected chi connectivity index (χ0v) is 23.3. The number of hydrogen-bond donors (Lipinski definition) is 3. The highest BCUT2D eigenvalue weighted by Crippen LogP contribution is 2.20. The number of amides is 3. The average molecular weight is 594 g/mol. The number of aromatic nitrogens is 4. The Kier molecular flexibility index (Phi) is 9.60. The highest BCUT2D eigenvalue weighted by molar-refractivity contribution is 5.96. The zero-order chi connectivity index (χ0) is 31.1. The van der Waals surface area contributed by atoms with Crippen molar-refractivity contribution in [1.29, 1.82) is 0 Å². The fourth-order valence-electron chi connectivity index (χ4n) is 4.26. The molecule has 12 nitrogen and oxygen atoms in total. The van der Waals surface area contributed by atoms with Crippen LogP contribution >= 0.6 is 0 Å². The second-order valence-corrected chi connectivity index (χ2v) is 9.82. The number of nitrogens with one attached hydrogen (secondary N) is 2. The van der Waals surface area contributed by atoms with Gasteiger partial charge in [-0.05, 0) is 48.7 Å². The molecule has 2 heterocycles. The minimum absolute atomic E-state index is 0.0216. The number of benzene rings is 2. The maximum absolute atomic E-state index is 14.0. The number of carbonyl (C=O) groups excluding carboxylic acids is 2. The Bertz CT molecular complexity index is 1730. The Morgan fingerprint density at radius 3 is 2.49 bits per heavy atom. The first-order valence-electron chi connectivity index (χ1n) is 13.1. The molecule has 224 valence electrons. The summed E-state index contributed by atoms with van der Waals surface area (Å²) in [4.78, 5) is 59.2. The summed E-state index contributed by atoms with van der Waals surface area (Å²) in [6.45, 7) is 0.155. The molecule has 0 aliphatic heterocycles. The normalized spacial score (nSPS) is 11.9. The van der Waals surface area contributed by atoms with Gasteiger partial charge in [0.15, 0.2) is 0 Å². The number of hydrogen-bond acceptors (Lipinski definition) is 6. The van der Waals surface area contributed by atoms with Crippen LogP contribution in [0.15, 0.2) is 71.9 Å². The summed E-state index contributed by atoms with van der Waals surface area (Å²) in [6, 6.07) is 8.74. The largest absolute Gasteiger partial charge is 0.465 e. The van der Waals surface area contributed by atoms with E-state index >= 15 is 0 Å². The number of halogens is 2. The van der Waals surface area contributed by atoms with Gasteiger partial charge in [0.25, 0.3) is 5.56 Å². The molecule has 3 N–H and O–H groups in total. The summed E-state index contributed by atoms with van der Waals surface area (Å²) in [5.41, 5.74) is 0.855. The van der Waals surface area contributed by atoms with E-state index in [4.69, 9.17) is 0 Å². The predicted molar refractivity (Wildman–Crippen MR) is 153 cm³/mol. The van der Waals surface area contributed by atoms with E-state index in [1.807, 2.05) is 0 Å². The first-order valence-corrected chi connectivity index (χ1v) is 13.1. The topological polar surface area (TPSA) is 151 Å². The molecule has 0 bridgehead atoms. The molecule has 0 fully saturated rings. The van der Waals surface area contributed by atoms with Gasteiger partial charge in [0.2, 0.25) is 11.8 Å². The van der Waals surface area contributed by atoms with Crippen LogP contribution in [0.4, 0.5) is 19.3 Å². The molecule has 0 aliphatic carbocycles. The van der Waals surface area contributed by atoms with Crippen molar-refractivity contribution in [3.63, 3.8) is 0 Å². The zero-order valence-electron chi connectivity index (χ0n) is 23.3. The van der Waals surface area contributed by atoms with Crippen LogP contribution in [-0.2, 0) is 22.7 Å². The van der Waals surface area contributed by atoms with E-state index in [0.29, 0.717) is 16.9 Å². The monoisotopic (exact) mass is 593 g/mol. The molecular formula is C29H29F2N7O5. The Morgan fingerprint density at radius 2 is 1.79 bits per heavy atom. The van der Waals surface area contributed by atoms with Crippen molar-refractivity contribution in [3.05, 3.63) is 101 Å². The van der Waals surface area contributed by atoms with Crippen LogP contribution in [0.2, 0.25) is 0 Å². The molecule has 2 aromatic carbocycles. The maximum atomic E-state index is 14.0. The summed E-state index contributed by atoms with van der Waals surface area (Å²) < 4.78 is 30.4. The summed E-state index contributed by atoms with van der Waals surface area (Å²) >= 11 is 0. The first kappa shape index (κ1) is 30.6. The lowest BCUT2D eigenvalue weighted by Gasteiger charge is -2.16. The SMILES string of the molecule is CN(C)C(=O)C=CCCC(NC(=O)O)C(=O)Nc1cncn(Cc2nc3cc(F)ccc3n2Cc2ccc(F)cc2)c1=O. The van der Waals surface area contributed by atoms with Gasteiger partial charge in [0.1, 0.15) is 29.2 Å². The van der Waals surface area contributed by atoms with Crippen LogP contribution in [0.5, 0.6) is 0 Å². The molecule has 0 saturated heterocycles. The van der Waals surface area contributed by atoms with E-state index in [-0.39, 0.29) is 37.5 Å². The molecule has 14 heteroatoms. The van der Waals surface area contributed by atoms with Gasteiger partial charge in [-0.1, -0.05) is 18.2 Å². The Morgan fingerprint density at radius 1 is 1.07 bits per heavy atom. The summed E-state index contributed by atoms with van der Waals surface area (Å²) in [5, 5.41) is 13.8. The van der Waals surface area contributed by atoms with E-state index in [1.54, 1.807) is 36.9 Å². The average Bonchev–Trinajstić information content (AvgIpc) is 3.28. The fourth-order valence-corrected chi connectivity index (χ4v) is 4.26. The molecule has 0 aliphatic rings. The number of carbonyl (C=O) groups is 3. The van der Waals surface area contributed by atoms with Gasteiger partial charge in [-0.3, -0.25) is 19.0 Å². The number of nitrogens with zero attached hydrogens (tertiary/aromatic N) is 5. The number of likely N-dealkylation sites (N-methyl/N-ethyl adjacent to an activating group) is 1. The van der Waals surface area contributed by atoms with Crippen molar-refractivity contribution in [2.75, 3.05) is 19.4 Å². The molecule has 1 atom stereocenters. The molecule has 2 aromatic heterocycles. The van der Waals surface area contributed by atoms with E-state index in [9.17, 15) is 33.1 Å². The summed E-state index contributed by atoms with van der Waals surface area (Å²) in [7, 11) is 3.16. The van der Waals surface area contributed by atoms with Crippen LogP contribution in [0, 0.1) is 11.6 Å². The second kappa shape index (κ2) is 13.5. The maximum Gasteiger partial charge on any atom is 0.405 e. The van der Waals surface area contributed by atoms with E-state index in [2.05, 4.69) is 20.6 Å². The van der Waals surface area contributed by atoms with Crippen molar-refractivity contribution < 1.29 is 28.3 Å². The number of anilines is 1. The molecule has 3 amide bonds. The molecule has 0 spiro atoms. The van der Waals surface area contributed by atoms with Crippen molar-refractivity contribution in [1.82, 2.24) is 29.3 Å². The van der Waals surface area contributed by atoms with E-state index in [1.165, 1.54) is 52.2 Å². The standard InChI is InChI=1S/C29H29F2N7O5/c1-36(2)26(39)6-4-3-5-21(35-29(42)43)27(40)34-23-14-32-17-37(28(23)41)16-25-33-22-13-20(31)11-12-24(22)38(25)15-18-7-9-19(30)10-8-18/h4,6-14,17,21,35H,3,5,15-16H2,1-2H3,(H,34,40)(H,42,43). The van der Waals surface area contributed by atoms with Crippen molar-refractivity contribution in [3.8, 4) is 0 Å². The number of imidazole rings is 1. The number of rotatable bonds is 11. The minimum atomic E-state index is -1.44. The molecule has 1 unspecified atom stereocenters. The van der Waals surface area contributed by atoms with Crippen LogP contribution in [0.3, 0.4) is 0 Å². The minimum Gasteiger partial charge on any atom is -0.465 e. The van der Waals surface area contributed by atoms with Gasteiger partial charge in [0, 0.05) is 26.7 Å². The third-order valence-corrected chi connectivity index (χ3v) is 6.45. The van der Waals surface area contributed by atoms with Crippen molar-refractivity contribution in [2.45, 2.75) is 32.0 Å². The van der Waals surface area contributed by atoms with Gasteiger partial charge in [-0.25, -0.2) is 23.5 Å². The Hall–Kier alpha value is -5.40. The van der Waals surface area contributed by atoms with Crippen LogP contribution < -0.4 is 16.2 Å². The highest BCUT2D eigenvalue weighted by atomic mass is 19.1. The molecular weight excluding hydrogens is 564 g/mol. The second-order valence-electron chi connectivity index (χ2n) is 9.82. The Balaban J connectivity index is 1.56. The third-order valence-electron chi connectivity index (χ3n) is 6.45. The van der Waals surface area contributed by atoms with Crippen LogP contribution in [-0.4, -0.2) is 67.2 Å². The third kappa shape index (κ3) is 7.87. The van der Waals surface area contributed by atoms with Gasteiger partial charge in [-0.2, -0.15) is 0 Å². The molecule has 43 heavy (non-hydrogen) atoms. The number of fused-ring (bicyclic) bond motifs is 1. The van der Waals surface area contributed by atoms with Crippen LogP contribution in [0.1, 0.15) is 24.2 Å². The molecule has 4 aromatic rings. The van der Waals surface area contributed by atoms with Crippen LogP contribution in [0.25, 0.3) is 11.0 Å². The van der Waals surface area contributed by atoms with Gasteiger partial charge in [-0.15, -0.1) is 0 Å². The Labute approximate surface area is 244 Å². The lowest BCUT2D eigenvalue weighted by molar-refractivity contribution is -0.123. The lowest BCUT2D eigenvalue weighted by atomic mass is 10.1. The van der Waals surface area contributed by atoms with Crippen molar-refractivity contribution >= 4 is 34.6 Å². The first-order chi connectivity index (χ1) is 20.5. The van der Waals surface area contributed by atoms with Gasteiger partial charge < -0.3 is 25.2 Å². The smallest absolute Gasteiger partial charge is 0.405 e. The number of carboxylic acid groups (broad SMARTS) is 1. The fraction of sp³-hybridized carbons (Fsp3) is 0.241. The summed E-state index contributed by atoms with van der Waals surface area (Å²) in [6.07, 6.45) is 4.02. The highest BCUT2D eigenvalue weighted by Gasteiger charge is 2.22. The molecule has 4 rings (SSSR count). The summed E-state index contributed by atoms with van der Waals surface area (Å²) in [5.74, 6) is -1.56. The van der Waals surface area contributed by atoms with Crippen molar-refractivity contribution in [2.24, 2.45) is 0 Å². The number of allylic oxidation sites excluding steroid dienone is 1.